The Labute approximate surface area is 106 Å². The Morgan fingerprint density at radius 2 is 1.72 bits per heavy atom. The van der Waals surface area contributed by atoms with E-state index in [1.807, 2.05) is 59.5 Å². The van der Waals surface area contributed by atoms with E-state index in [1.54, 1.807) is 0 Å². The Morgan fingerprint density at radius 3 is 2.56 bits per heavy atom. The average molecular weight is 238 g/mol. The molecule has 90 valence electrons. The molecule has 0 radical (unpaired) electrons. The van der Waals surface area contributed by atoms with Gasteiger partial charge in [0.15, 0.2) is 0 Å². The number of para-hydroxylation sites is 2. The van der Waals surface area contributed by atoms with Gasteiger partial charge in [-0.15, -0.1) is 0 Å². The topological polar surface area (TPSA) is 32.3 Å². The second-order valence-electron chi connectivity index (χ2n) is 4.34. The van der Waals surface area contributed by atoms with E-state index >= 15 is 0 Å². The van der Waals surface area contributed by atoms with Crippen molar-refractivity contribution in [1.29, 1.82) is 0 Å². The predicted molar refractivity (Wildman–Crippen MR) is 72.6 cm³/mol. The Bertz CT molecular complexity index is 566. The first-order valence-electron chi connectivity index (χ1n) is 6.02. The summed E-state index contributed by atoms with van der Waals surface area (Å²) >= 11 is 0. The molecular weight excluding hydrogens is 224 g/mol. The fourth-order valence-electron chi connectivity index (χ4n) is 2.20. The van der Waals surface area contributed by atoms with Crippen LogP contribution in [0.15, 0.2) is 54.6 Å². The maximum absolute atomic E-state index is 12.0. The van der Waals surface area contributed by atoms with Gasteiger partial charge in [0.25, 0.3) is 0 Å². The van der Waals surface area contributed by atoms with Crippen LogP contribution >= 0.6 is 0 Å². The van der Waals surface area contributed by atoms with Crippen molar-refractivity contribution in [2.24, 2.45) is 0 Å². The van der Waals surface area contributed by atoms with Crippen molar-refractivity contribution in [2.45, 2.75) is 6.54 Å². The van der Waals surface area contributed by atoms with Crippen molar-refractivity contribution in [3.8, 4) is 0 Å². The lowest BCUT2D eigenvalue weighted by Gasteiger charge is -2.30. The molecular formula is C15H14N2O. The van der Waals surface area contributed by atoms with Crippen molar-refractivity contribution in [2.75, 3.05) is 16.8 Å². The second-order valence-corrected chi connectivity index (χ2v) is 4.34. The first-order chi connectivity index (χ1) is 8.84. The average Bonchev–Trinajstić information content (AvgIpc) is 2.43. The van der Waals surface area contributed by atoms with Gasteiger partial charge in [0, 0.05) is 0 Å². The van der Waals surface area contributed by atoms with Crippen LogP contribution in [0.3, 0.4) is 0 Å². The third kappa shape index (κ3) is 1.95. The summed E-state index contributed by atoms with van der Waals surface area (Å²) in [6.45, 7) is 0.988. The number of carbonyl (C=O) groups is 1. The van der Waals surface area contributed by atoms with Crippen molar-refractivity contribution in [3.05, 3.63) is 60.2 Å². The molecule has 0 saturated carbocycles. The van der Waals surface area contributed by atoms with Crippen molar-refractivity contribution in [1.82, 2.24) is 0 Å². The number of hydrogen-bond donors (Lipinski definition) is 1. The third-order valence-corrected chi connectivity index (χ3v) is 3.11. The van der Waals surface area contributed by atoms with Gasteiger partial charge >= 0.3 is 0 Å². The number of hydrogen-bond acceptors (Lipinski definition) is 2. The number of anilines is 2. The zero-order valence-electron chi connectivity index (χ0n) is 9.97. The quantitative estimate of drug-likeness (QED) is 0.872. The molecule has 0 saturated heterocycles. The number of rotatable bonds is 2. The minimum atomic E-state index is 0.109. The van der Waals surface area contributed by atoms with Crippen LogP contribution < -0.4 is 10.2 Å². The van der Waals surface area contributed by atoms with Crippen LogP contribution in [0.1, 0.15) is 5.56 Å². The zero-order valence-corrected chi connectivity index (χ0v) is 9.97. The molecule has 3 heteroatoms. The molecule has 0 aliphatic carbocycles. The highest BCUT2D eigenvalue weighted by molar-refractivity contribution is 6.02. The summed E-state index contributed by atoms with van der Waals surface area (Å²) in [5, 5.41) is 3.14. The van der Waals surface area contributed by atoms with Gasteiger partial charge in [0.2, 0.25) is 5.91 Å². The van der Waals surface area contributed by atoms with E-state index in [-0.39, 0.29) is 5.91 Å². The Kier molecular flexibility index (Phi) is 2.73. The van der Waals surface area contributed by atoms with E-state index in [9.17, 15) is 4.79 Å². The van der Waals surface area contributed by atoms with Crippen molar-refractivity contribution < 1.29 is 4.79 Å². The predicted octanol–water partition coefficient (Wildman–Crippen LogP) is 2.65. The summed E-state index contributed by atoms with van der Waals surface area (Å²) in [5.41, 5.74) is 3.12. The van der Waals surface area contributed by atoms with E-state index in [1.165, 1.54) is 0 Å². The van der Waals surface area contributed by atoms with Crippen LogP contribution in [-0.2, 0) is 11.3 Å². The van der Waals surface area contributed by atoms with Crippen molar-refractivity contribution in [3.63, 3.8) is 0 Å². The monoisotopic (exact) mass is 238 g/mol. The van der Waals surface area contributed by atoms with Gasteiger partial charge in [0.05, 0.1) is 24.5 Å². The maximum Gasteiger partial charge on any atom is 0.246 e. The number of nitrogens with one attached hydrogen (secondary N) is 1. The van der Waals surface area contributed by atoms with E-state index < -0.39 is 0 Å². The zero-order chi connectivity index (χ0) is 12.4. The van der Waals surface area contributed by atoms with Crippen LogP contribution in [-0.4, -0.2) is 12.5 Å². The fraction of sp³-hybridized carbons (Fsp3) is 0.133. The summed E-state index contributed by atoms with van der Waals surface area (Å²) in [6, 6.07) is 18.0. The molecule has 0 atom stereocenters. The lowest BCUT2D eigenvalue weighted by molar-refractivity contribution is -0.117. The molecule has 0 fully saturated rings. The SMILES string of the molecule is O=C1CNc2ccccc2N1Cc1ccccc1. The minimum Gasteiger partial charge on any atom is -0.374 e. The molecule has 0 unspecified atom stereocenters. The first-order valence-corrected chi connectivity index (χ1v) is 6.02. The van der Waals surface area contributed by atoms with Gasteiger partial charge in [-0.05, 0) is 17.7 Å². The molecule has 1 amide bonds. The van der Waals surface area contributed by atoms with E-state index in [0.717, 1.165) is 16.9 Å². The van der Waals surface area contributed by atoms with Gasteiger partial charge in [0.1, 0.15) is 0 Å². The molecule has 0 bridgehead atoms. The van der Waals surface area contributed by atoms with E-state index in [4.69, 9.17) is 0 Å². The lowest BCUT2D eigenvalue weighted by Crippen LogP contribution is -2.39. The van der Waals surface area contributed by atoms with Gasteiger partial charge in [-0.1, -0.05) is 42.5 Å². The van der Waals surface area contributed by atoms with Crippen LogP contribution in [0.25, 0.3) is 0 Å². The smallest absolute Gasteiger partial charge is 0.246 e. The fourth-order valence-corrected chi connectivity index (χ4v) is 2.20. The third-order valence-electron chi connectivity index (χ3n) is 3.11. The summed E-state index contributed by atoms with van der Waals surface area (Å²) in [5.74, 6) is 0.109. The van der Waals surface area contributed by atoms with E-state index in [0.29, 0.717) is 13.1 Å². The number of fused-ring (bicyclic) bond motifs is 1. The van der Waals surface area contributed by atoms with Gasteiger partial charge in [-0.2, -0.15) is 0 Å². The summed E-state index contributed by atoms with van der Waals surface area (Å²) < 4.78 is 0. The van der Waals surface area contributed by atoms with Gasteiger partial charge in [-0.25, -0.2) is 0 Å². The molecule has 2 aromatic carbocycles. The number of benzene rings is 2. The highest BCUT2D eigenvalue weighted by Crippen LogP contribution is 2.29. The highest BCUT2D eigenvalue weighted by atomic mass is 16.2. The summed E-state index contributed by atoms with van der Waals surface area (Å²) in [6.07, 6.45) is 0. The molecule has 1 N–H and O–H groups in total. The minimum absolute atomic E-state index is 0.109. The van der Waals surface area contributed by atoms with Crippen LogP contribution in [0.2, 0.25) is 0 Å². The molecule has 2 aromatic rings. The highest BCUT2D eigenvalue weighted by Gasteiger charge is 2.23. The van der Waals surface area contributed by atoms with E-state index in [2.05, 4.69) is 5.32 Å². The van der Waals surface area contributed by atoms with Crippen molar-refractivity contribution >= 4 is 17.3 Å². The number of carbonyl (C=O) groups excluding carboxylic acids is 1. The van der Waals surface area contributed by atoms with Crippen LogP contribution in [0.4, 0.5) is 11.4 Å². The molecule has 3 rings (SSSR count). The Hall–Kier alpha value is -2.29. The number of amides is 1. The normalized spacial score (nSPS) is 14.0. The lowest BCUT2D eigenvalue weighted by atomic mass is 10.1. The molecule has 1 aliphatic rings. The molecule has 0 spiro atoms. The second kappa shape index (κ2) is 4.53. The van der Waals surface area contributed by atoms with Crippen LogP contribution in [0, 0.1) is 0 Å². The summed E-state index contributed by atoms with van der Waals surface area (Å²) in [7, 11) is 0. The molecule has 18 heavy (non-hydrogen) atoms. The maximum atomic E-state index is 12.0. The molecule has 0 aromatic heterocycles. The van der Waals surface area contributed by atoms with Gasteiger partial charge < -0.3 is 10.2 Å². The number of nitrogens with zero attached hydrogens (tertiary/aromatic N) is 1. The largest absolute Gasteiger partial charge is 0.374 e. The molecule has 1 heterocycles. The first kappa shape index (κ1) is 10.8. The van der Waals surface area contributed by atoms with Gasteiger partial charge in [-0.3, -0.25) is 4.79 Å². The molecule has 1 aliphatic heterocycles. The Balaban J connectivity index is 1.94. The standard InChI is InChI=1S/C15H14N2O/c18-15-10-16-13-8-4-5-9-14(13)17(15)11-12-6-2-1-3-7-12/h1-9,16H,10-11H2. The molecule has 3 nitrogen and oxygen atoms in total. The Morgan fingerprint density at radius 1 is 1.00 bits per heavy atom. The van der Waals surface area contributed by atoms with Crippen LogP contribution in [0.5, 0.6) is 0 Å². The summed E-state index contributed by atoms with van der Waals surface area (Å²) in [4.78, 5) is 13.9.